The largest absolute Gasteiger partial charge is 0.506 e. The standard InChI is InChI=1S/C9H8BrNO3/c10-6-3-1-2-5(8(6)12)7-4-11-9(13)14-7/h1-3,7,12H,4H2,(H,11,13). The fraction of sp³-hybridized carbons (Fsp3) is 0.222. The average Bonchev–Trinajstić information content (AvgIpc) is 2.57. The monoisotopic (exact) mass is 257 g/mol. The molecule has 1 unspecified atom stereocenters. The van der Waals surface area contributed by atoms with E-state index in [1.165, 1.54) is 0 Å². The van der Waals surface area contributed by atoms with Crippen molar-refractivity contribution in [3.05, 3.63) is 28.2 Å². The molecule has 1 aromatic rings. The van der Waals surface area contributed by atoms with Crippen molar-refractivity contribution < 1.29 is 14.6 Å². The maximum absolute atomic E-state index is 10.8. The van der Waals surface area contributed by atoms with Gasteiger partial charge in [0, 0.05) is 5.56 Å². The van der Waals surface area contributed by atoms with Gasteiger partial charge >= 0.3 is 6.09 Å². The van der Waals surface area contributed by atoms with Gasteiger partial charge in [-0.2, -0.15) is 0 Å². The van der Waals surface area contributed by atoms with Gasteiger partial charge in [-0.1, -0.05) is 12.1 Å². The smallest absolute Gasteiger partial charge is 0.407 e. The Morgan fingerprint density at radius 1 is 1.57 bits per heavy atom. The molecule has 2 N–H and O–H groups in total. The lowest BCUT2D eigenvalue weighted by Gasteiger charge is -2.10. The zero-order valence-corrected chi connectivity index (χ0v) is 8.74. The van der Waals surface area contributed by atoms with Crippen LogP contribution in [0.2, 0.25) is 0 Å². The molecule has 5 heteroatoms. The molecule has 0 saturated carbocycles. The second kappa shape index (κ2) is 3.49. The summed E-state index contributed by atoms with van der Waals surface area (Å²) in [5.74, 6) is 0.119. The minimum absolute atomic E-state index is 0.119. The minimum atomic E-state index is -0.450. The molecule has 74 valence electrons. The van der Waals surface area contributed by atoms with E-state index < -0.39 is 12.2 Å². The molecule has 0 bridgehead atoms. The Bertz CT molecular complexity index is 380. The lowest BCUT2D eigenvalue weighted by molar-refractivity contribution is 0.139. The van der Waals surface area contributed by atoms with Crippen LogP contribution < -0.4 is 5.32 Å². The quantitative estimate of drug-likeness (QED) is 0.809. The van der Waals surface area contributed by atoms with Gasteiger partial charge in [-0.05, 0) is 22.0 Å². The number of hydrogen-bond acceptors (Lipinski definition) is 3. The third-order valence-electron chi connectivity index (χ3n) is 2.05. The molecule has 4 nitrogen and oxygen atoms in total. The molecule has 0 spiro atoms. The number of benzene rings is 1. The summed E-state index contributed by atoms with van der Waals surface area (Å²) in [4.78, 5) is 10.8. The number of cyclic esters (lactones) is 1. The Labute approximate surface area is 89.0 Å². The topological polar surface area (TPSA) is 58.6 Å². The van der Waals surface area contributed by atoms with Crippen LogP contribution in [0.15, 0.2) is 22.7 Å². The number of hydrogen-bond donors (Lipinski definition) is 2. The summed E-state index contributed by atoms with van der Waals surface area (Å²) < 4.78 is 5.55. The molecule has 1 aliphatic rings. The normalized spacial score (nSPS) is 20.4. The van der Waals surface area contributed by atoms with Crippen molar-refractivity contribution in [3.63, 3.8) is 0 Å². The highest BCUT2D eigenvalue weighted by molar-refractivity contribution is 9.10. The molecule has 1 aliphatic heterocycles. The molecule has 0 radical (unpaired) electrons. The molecular weight excluding hydrogens is 250 g/mol. The van der Waals surface area contributed by atoms with Crippen molar-refractivity contribution >= 4 is 22.0 Å². The SMILES string of the molecule is O=C1NCC(c2cccc(Br)c2O)O1. The van der Waals surface area contributed by atoms with Gasteiger partial charge in [0.1, 0.15) is 11.9 Å². The van der Waals surface area contributed by atoms with E-state index in [4.69, 9.17) is 4.74 Å². The second-order valence-electron chi connectivity index (χ2n) is 2.95. The first-order chi connectivity index (χ1) is 6.68. The fourth-order valence-electron chi connectivity index (χ4n) is 1.35. The Kier molecular flexibility index (Phi) is 2.33. The van der Waals surface area contributed by atoms with Gasteiger partial charge in [0.05, 0.1) is 11.0 Å². The number of para-hydroxylation sites is 1. The number of phenols is 1. The molecule has 1 aromatic carbocycles. The van der Waals surface area contributed by atoms with Crippen LogP contribution >= 0.6 is 15.9 Å². The van der Waals surface area contributed by atoms with Gasteiger partial charge in [0.2, 0.25) is 0 Å². The van der Waals surface area contributed by atoms with Crippen LogP contribution in [0.4, 0.5) is 4.79 Å². The third-order valence-corrected chi connectivity index (χ3v) is 2.69. The Hall–Kier alpha value is -1.23. The van der Waals surface area contributed by atoms with E-state index in [2.05, 4.69) is 21.2 Å². The van der Waals surface area contributed by atoms with Crippen molar-refractivity contribution in [1.82, 2.24) is 5.32 Å². The van der Waals surface area contributed by atoms with Crippen molar-refractivity contribution in [2.45, 2.75) is 6.10 Å². The van der Waals surface area contributed by atoms with Crippen LogP contribution in [0, 0.1) is 0 Å². The lowest BCUT2D eigenvalue weighted by atomic mass is 10.1. The van der Waals surface area contributed by atoms with Crippen LogP contribution in [0.1, 0.15) is 11.7 Å². The number of rotatable bonds is 1. The molecule has 0 aliphatic carbocycles. The number of carbonyl (C=O) groups excluding carboxylic acids is 1. The van der Waals surface area contributed by atoms with E-state index >= 15 is 0 Å². The molecule has 1 heterocycles. The Morgan fingerprint density at radius 2 is 2.36 bits per heavy atom. The molecule has 0 aromatic heterocycles. The zero-order valence-electron chi connectivity index (χ0n) is 7.16. The summed E-state index contributed by atoms with van der Waals surface area (Å²) in [6, 6.07) is 5.24. The van der Waals surface area contributed by atoms with Gasteiger partial charge in [-0.15, -0.1) is 0 Å². The summed E-state index contributed by atoms with van der Waals surface area (Å²) >= 11 is 3.20. The fourth-order valence-corrected chi connectivity index (χ4v) is 1.74. The van der Waals surface area contributed by atoms with Crippen LogP contribution in [0.25, 0.3) is 0 Å². The number of alkyl carbamates (subject to hydrolysis) is 1. The minimum Gasteiger partial charge on any atom is -0.506 e. The van der Waals surface area contributed by atoms with Gasteiger partial charge in [0.15, 0.2) is 0 Å². The molecule has 14 heavy (non-hydrogen) atoms. The van der Waals surface area contributed by atoms with Crippen LogP contribution in [0.3, 0.4) is 0 Å². The van der Waals surface area contributed by atoms with E-state index in [0.29, 0.717) is 16.6 Å². The van der Waals surface area contributed by atoms with E-state index in [1.807, 2.05) is 0 Å². The first kappa shape index (κ1) is 9.33. The summed E-state index contributed by atoms with van der Waals surface area (Å²) in [5.41, 5.74) is 0.609. The van der Waals surface area contributed by atoms with Crippen molar-refractivity contribution in [2.75, 3.05) is 6.54 Å². The lowest BCUT2D eigenvalue weighted by Crippen LogP contribution is -2.12. The molecule has 1 atom stereocenters. The van der Waals surface area contributed by atoms with Crippen molar-refractivity contribution in [3.8, 4) is 5.75 Å². The van der Waals surface area contributed by atoms with E-state index in [9.17, 15) is 9.90 Å². The summed E-state index contributed by atoms with van der Waals surface area (Å²) in [6.45, 7) is 0.392. The maximum atomic E-state index is 10.8. The number of phenolic OH excluding ortho intramolecular Hbond substituents is 1. The molecular formula is C9H8BrNO3. The predicted octanol–water partition coefficient (Wildman–Crippen LogP) is 1.94. The van der Waals surface area contributed by atoms with E-state index in [0.717, 1.165) is 0 Å². The Balaban J connectivity index is 2.32. The first-order valence-electron chi connectivity index (χ1n) is 4.10. The second-order valence-corrected chi connectivity index (χ2v) is 3.81. The number of nitrogens with one attached hydrogen (secondary N) is 1. The molecule has 1 fully saturated rings. The van der Waals surface area contributed by atoms with Gasteiger partial charge < -0.3 is 15.2 Å². The summed E-state index contributed by atoms with van der Waals surface area (Å²) in [5, 5.41) is 12.2. The van der Waals surface area contributed by atoms with Crippen LogP contribution in [-0.2, 0) is 4.74 Å². The van der Waals surface area contributed by atoms with Gasteiger partial charge in [-0.3, -0.25) is 0 Å². The highest BCUT2D eigenvalue weighted by Crippen LogP contribution is 2.34. The van der Waals surface area contributed by atoms with E-state index in [-0.39, 0.29) is 5.75 Å². The van der Waals surface area contributed by atoms with Gasteiger partial charge in [0.25, 0.3) is 0 Å². The number of halogens is 1. The average molecular weight is 258 g/mol. The maximum Gasteiger partial charge on any atom is 0.407 e. The van der Waals surface area contributed by atoms with Crippen LogP contribution in [0.5, 0.6) is 5.75 Å². The molecule has 1 saturated heterocycles. The number of aromatic hydroxyl groups is 1. The zero-order chi connectivity index (χ0) is 10.1. The number of ether oxygens (including phenoxy) is 1. The van der Waals surface area contributed by atoms with Crippen molar-refractivity contribution in [2.24, 2.45) is 0 Å². The van der Waals surface area contributed by atoms with Crippen molar-refractivity contribution in [1.29, 1.82) is 0 Å². The predicted molar refractivity (Wildman–Crippen MR) is 53.0 cm³/mol. The number of carbonyl (C=O) groups is 1. The highest BCUT2D eigenvalue weighted by Gasteiger charge is 2.26. The Morgan fingerprint density at radius 3 is 3.00 bits per heavy atom. The third kappa shape index (κ3) is 1.55. The molecule has 2 rings (SSSR count). The van der Waals surface area contributed by atoms with Gasteiger partial charge in [-0.25, -0.2) is 4.79 Å². The summed E-state index contributed by atoms with van der Waals surface area (Å²) in [6.07, 6.45) is -0.852. The van der Waals surface area contributed by atoms with E-state index in [1.54, 1.807) is 18.2 Å². The highest BCUT2D eigenvalue weighted by atomic mass is 79.9. The summed E-state index contributed by atoms with van der Waals surface area (Å²) in [7, 11) is 0. The molecule has 1 amide bonds. The number of amides is 1. The van der Waals surface area contributed by atoms with Crippen LogP contribution in [-0.4, -0.2) is 17.7 Å². The first-order valence-corrected chi connectivity index (χ1v) is 4.89.